The molecule has 0 amide bonds. The molecular formula is C13H23N3O. The largest absolute Gasteiger partial charge is 0.376 e. The summed E-state index contributed by atoms with van der Waals surface area (Å²) in [7, 11) is 3.85. The molecule has 1 heterocycles. The van der Waals surface area contributed by atoms with Gasteiger partial charge in [0.05, 0.1) is 17.3 Å². The van der Waals surface area contributed by atoms with Crippen LogP contribution >= 0.6 is 0 Å². The number of nitrogens with one attached hydrogen (secondary N) is 1. The number of likely N-dealkylation sites (N-methyl/N-ethyl adjacent to an activating group) is 1. The van der Waals surface area contributed by atoms with Gasteiger partial charge in [-0.25, -0.2) is 0 Å². The Labute approximate surface area is 103 Å². The molecule has 0 saturated heterocycles. The highest BCUT2D eigenvalue weighted by Crippen LogP contribution is 2.42. The van der Waals surface area contributed by atoms with Crippen LogP contribution in [-0.4, -0.2) is 29.5 Å². The summed E-state index contributed by atoms with van der Waals surface area (Å²) in [5, 5.41) is 7.79. The van der Waals surface area contributed by atoms with Gasteiger partial charge in [0.25, 0.3) is 0 Å². The van der Waals surface area contributed by atoms with Crippen LogP contribution in [0.3, 0.4) is 0 Å². The zero-order chi connectivity index (χ0) is 12.3. The standard InChI is InChI=1S/C13H23N3O/c1-4-16-11(7-10-15-16)12(14-2)13(17-3)8-5-6-9-13/h7,10,12,14H,4-6,8-9H2,1-3H3. The molecule has 4 heteroatoms. The van der Waals surface area contributed by atoms with Crippen molar-refractivity contribution < 1.29 is 4.74 Å². The zero-order valence-electron chi connectivity index (χ0n) is 11.1. The highest BCUT2D eigenvalue weighted by Gasteiger charge is 2.42. The number of methoxy groups -OCH3 is 1. The van der Waals surface area contributed by atoms with Crippen molar-refractivity contribution in [3.05, 3.63) is 18.0 Å². The molecule has 96 valence electrons. The minimum atomic E-state index is -0.0539. The maximum Gasteiger partial charge on any atom is 0.0887 e. The second-order valence-corrected chi connectivity index (χ2v) is 4.77. The predicted octanol–water partition coefficient (Wildman–Crippen LogP) is 2.12. The molecule has 1 aromatic rings. The lowest BCUT2D eigenvalue weighted by atomic mass is 9.89. The quantitative estimate of drug-likeness (QED) is 0.852. The lowest BCUT2D eigenvalue weighted by molar-refractivity contribution is -0.0370. The van der Waals surface area contributed by atoms with Crippen molar-refractivity contribution in [3.63, 3.8) is 0 Å². The minimum Gasteiger partial charge on any atom is -0.376 e. The molecule has 1 fully saturated rings. The van der Waals surface area contributed by atoms with E-state index in [0.29, 0.717) is 0 Å². The first-order chi connectivity index (χ1) is 8.27. The summed E-state index contributed by atoms with van der Waals surface area (Å²) >= 11 is 0. The lowest BCUT2D eigenvalue weighted by Gasteiger charge is -2.36. The molecule has 1 N–H and O–H groups in total. The Bertz CT molecular complexity index is 355. The zero-order valence-corrected chi connectivity index (χ0v) is 11.1. The van der Waals surface area contributed by atoms with Crippen molar-refractivity contribution in [2.45, 2.75) is 50.8 Å². The summed E-state index contributed by atoms with van der Waals surface area (Å²) in [6.45, 7) is 3.03. The molecule has 2 rings (SSSR count). The van der Waals surface area contributed by atoms with Gasteiger partial charge in [-0.2, -0.15) is 5.10 Å². The van der Waals surface area contributed by atoms with Crippen LogP contribution in [0.1, 0.15) is 44.3 Å². The molecule has 17 heavy (non-hydrogen) atoms. The second-order valence-electron chi connectivity index (χ2n) is 4.77. The fraction of sp³-hybridized carbons (Fsp3) is 0.769. The molecule has 1 aliphatic rings. The van der Waals surface area contributed by atoms with Crippen molar-refractivity contribution in [2.75, 3.05) is 14.2 Å². The van der Waals surface area contributed by atoms with Gasteiger partial charge >= 0.3 is 0 Å². The summed E-state index contributed by atoms with van der Waals surface area (Å²) in [6, 6.07) is 2.33. The van der Waals surface area contributed by atoms with Crippen LogP contribution in [0, 0.1) is 0 Å². The van der Waals surface area contributed by atoms with Gasteiger partial charge in [0, 0.05) is 19.9 Å². The van der Waals surface area contributed by atoms with Crippen LogP contribution in [-0.2, 0) is 11.3 Å². The number of hydrogen-bond donors (Lipinski definition) is 1. The molecule has 1 atom stereocenters. The summed E-state index contributed by atoms with van der Waals surface area (Å²) in [4.78, 5) is 0. The smallest absolute Gasteiger partial charge is 0.0887 e. The average Bonchev–Trinajstić information content (AvgIpc) is 2.99. The van der Waals surface area contributed by atoms with Crippen LogP contribution in [0.25, 0.3) is 0 Å². The Morgan fingerprint density at radius 2 is 2.24 bits per heavy atom. The Morgan fingerprint density at radius 1 is 1.53 bits per heavy atom. The number of ether oxygens (including phenoxy) is 1. The molecule has 0 spiro atoms. The number of hydrogen-bond acceptors (Lipinski definition) is 3. The van der Waals surface area contributed by atoms with Gasteiger partial charge in [-0.15, -0.1) is 0 Å². The van der Waals surface area contributed by atoms with Crippen LogP contribution in [0.5, 0.6) is 0 Å². The summed E-state index contributed by atoms with van der Waals surface area (Å²) in [5.41, 5.74) is 1.18. The van der Waals surface area contributed by atoms with Crippen molar-refractivity contribution in [3.8, 4) is 0 Å². The molecule has 4 nitrogen and oxygen atoms in total. The Hall–Kier alpha value is -0.870. The first-order valence-corrected chi connectivity index (χ1v) is 6.51. The van der Waals surface area contributed by atoms with Crippen LogP contribution in [0.4, 0.5) is 0 Å². The minimum absolute atomic E-state index is 0.0539. The molecule has 1 saturated carbocycles. The van der Waals surface area contributed by atoms with Gasteiger partial charge in [0.2, 0.25) is 0 Å². The third-order valence-corrected chi connectivity index (χ3v) is 4.02. The maximum atomic E-state index is 5.87. The number of aromatic nitrogens is 2. The molecule has 0 aromatic carbocycles. The van der Waals surface area contributed by atoms with Gasteiger partial charge in [0.1, 0.15) is 0 Å². The third-order valence-electron chi connectivity index (χ3n) is 4.02. The van der Waals surface area contributed by atoms with Gasteiger partial charge in [-0.05, 0) is 32.9 Å². The Kier molecular flexibility index (Phi) is 3.84. The first-order valence-electron chi connectivity index (χ1n) is 6.51. The van der Waals surface area contributed by atoms with Crippen molar-refractivity contribution in [1.29, 1.82) is 0 Å². The average molecular weight is 237 g/mol. The topological polar surface area (TPSA) is 39.1 Å². The molecule has 0 aliphatic heterocycles. The van der Waals surface area contributed by atoms with E-state index in [4.69, 9.17) is 4.74 Å². The normalized spacial score (nSPS) is 20.6. The summed E-state index contributed by atoms with van der Waals surface area (Å²) in [6.07, 6.45) is 6.65. The van der Waals surface area contributed by atoms with E-state index in [2.05, 4.69) is 28.1 Å². The van der Waals surface area contributed by atoms with Crippen LogP contribution < -0.4 is 5.32 Å². The predicted molar refractivity (Wildman–Crippen MR) is 67.9 cm³/mol. The van der Waals surface area contributed by atoms with E-state index in [9.17, 15) is 0 Å². The first kappa shape index (κ1) is 12.6. The number of aryl methyl sites for hydroxylation is 1. The van der Waals surface area contributed by atoms with Crippen molar-refractivity contribution in [2.24, 2.45) is 0 Å². The van der Waals surface area contributed by atoms with Gasteiger partial charge in [-0.1, -0.05) is 12.8 Å². The van der Waals surface area contributed by atoms with E-state index >= 15 is 0 Å². The van der Waals surface area contributed by atoms with E-state index in [1.54, 1.807) is 0 Å². The Balaban J connectivity index is 2.32. The molecule has 1 aromatic heterocycles. The molecule has 0 bridgehead atoms. The second kappa shape index (κ2) is 5.19. The SMILES string of the molecule is CCn1nccc1C(NC)C1(OC)CCCC1. The monoisotopic (exact) mass is 237 g/mol. The maximum absolute atomic E-state index is 5.87. The Morgan fingerprint density at radius 3 is 2.76 bits per heavy atom. The van der Waals surface area contributed by atoms with Crippen molar-refractivity contribution in [1.82, 2.24) is 15.1 Å². The van der Waals surface area contributed by atoms with Crippen LogP contribution in [0.15, 0.2) is 12.3 Å². The van der Waals surface area contributed by atoms with E-state index in [1.807, 2.05) is 20.4 Å². The summed E-state index contributed by atoms with van der Waals surface area (Å²) in [5.74, 6) is 0. The molecular weight excluding hydrogens is 214 g/mol. The highest BCUT2D eigenvalue weighted by molar-refractivity contribution is 5.14. The van der Waals surface area contributed by atoms with E-state index < -0.39 is 0 Å². The van der Waals surface area contributed by atoms with E-state index in [-0.39, 0.29) is 11.6 Å². The fourth-order valence-corrected chi connectivity index (χ4v) is 3.12. The van der Waals surface area contributed by atoms with Gasteiger partial charge in [0.15, 0.2) is 0 Å². The molecule has 1 unspecified atom stereocenters. The highest BCUT2D eigenvalue weighted by atomic mass is 16.5. The van der Waals surface area contributed by atoms with Crippen molar-refractivity contribution >= 4 is 0 Å². The van der Waals surface area contributed by atoms with E-state index in [1.165, 1.54) is 18.5 Å². The summed E-state index contributed by atoms with van der Waals surface area (Å²) < 4.78 is 7.93. The molecule has 1 aliphatic carbocycles. The number of nitrogens with zero attached hydrogens (tertiary/aromatic N) is 2. The lowest BCUT2D eigenvalue weighted by Crippen LogP contribution is -2.43. The van der Waals surface area contributed by atoms with Gasteiger partial charge in [-0.3, -0.25) is 4.68 Å². The van der Waals surface area contributed by atoms with E-state index in [0.717, 1.165) is 19.4 Å². The third kappa shape index (κ3) is 2.11. The number of rotatable bonds is 5. The van der Waals surface area contributed by atoms with Gasteiger partial charge < -0.3 is 10.1 Å². The fourth-order valence-electron chi connectivity index (χ4n) is 3.12. The molecule has 0 radical (unpaired) electrons. The van der Waals surface area contributed by atoms with Crippen LogP contribution in [0.2, 0.25) is 0 Å².